The standard InChI is InChI=1S/C12H12F2N2O2/c1-2-18-12(17)9-4-7(5-15)3-8(11(13)14)10(9)6-16/h3-4,11H,2,6,16H2,1H3. The van der Waals surface area contributed by atoms with Crippen LogP contribution < -0.4 is 5.73 Å². The predicted octanol–water partition coefficient (Wildman–Crippen LogP) is 2.13. The van der Waals surface area contributed by atoms with Crippen LogP contribution in [-0.4, -0.2) is 12.6 Å². The van der Waals surface area contributed by atoms with E-state index in [1.54, 1.807) is 13.0 Å². The third kappa shape index (κ3) is 2.81. The second-order valence-corrected chi connectivity index (χ2v) is 3.43. The lowest BCUT2D eigenvalue weighted by Crippen LogP contribution is -2.14. The fourth-order valence-corrected chi connectivity index (χ4v) is 1.57. The molecule has 0 radical (unpaired) electrons. The number of alkyl halides is 2. The highest BCUT2D eigenvalue weighted by molar-refractivity contribution is 5.92. The predicted molar refractivity (Wildman–Crippen MR) is 60.0 cm³/mol. The maximum atomic E-state index is 12.8. The maximum absolute atomic E-state index is 12.8. The summed E-state index contributed by atoms with van der Waals surface area (Å²) in [6.45, 7) is 1.49. The van der Waals surface area contributed by atoms with Crippen LogP contribution in [0.15, 0.2) is 12.1 Å². The first-order valence-electron chi connectivity index (χ1n) is 5.27. The Bertz CT molecular complexity index is 496. The van der Waals surface area contributed by atoms with Gasteiger partial charge in [-0.2, -0.15) is 5.26 Å². The van der Waals surface area contributed by atoms with Crippen LogP contribution in [0.4, 0.5) is 8.78 Å². The van der Waals surface area contributed by atoms with Crippen LogP contribution in [0.1, 0.15) is 40.4 Å². The van der Waals surface area contributed by atoms with E-state index in [0.29, 0.717) is 0 Å². The van der Waals surface area contributed by atoms with Gasteiger partial charge >= 0.3 is 5.97 Å². The molecule has 0 heterocycles. The van der Waals surface area contributed by atoms with E-state index >= 15 is 0 Å². The van der Waals surface area contributed by atoms with Crippen molar-refractivity contribution in [1.29, 1.82) is 5.26 Å². The number of halogens is 2. The summed E-state index contributed by atoms with van der Waals surface area (Å²) in [5.41, 5.74) is 4.91. The summed E-state index contributed by atoms with van der Waals surface area (Å²) in [4.78, 5) is 11.6. The number of hydrogen-bond acceptors (Lipinski definition) is 4. The number of nitrogens with zero attached hydrogens (tertiary/aromatic N) is 1. The second-order valence-electron chi connectivity index (χ2n) is 3.43. The molecule has 1 rings (SSSR count). The van der Waals surface area contributed by atoms with Crippen molar-refractivity contribution in [3.8, 4) is 6.07 Å². The lowest BCUT2D eigenvalue weighted by Gasteiger charge is -2.12. The number of carbonyl (C=O) groups is 1. The van der Waals surface area contributed by atoms with E-state index in [1.807, 2.05) is 0 Å². The normalized spacial score (nSPS) is 10.2. The molecule has 0 amide bonds. The highest BCUT2D eigenvalue weighted by Gasteiger charge is 2.21. The summed E-state index contributed by atoms with van der Waals surface area (Å²) in [5, 5.41) is 8.77. The Balaban J connectivity index is 3.43. The van der Waals surface area contributed by atoms with E-state index in [-0.39, 0.29) is 29.8 Å². The van der Waals surface area contributed by atoms with E-state index < -0.39 is 18.0 Å². The maximum Gasteiger partial charge on any atom is 0.338 e. The van der Waals surface area contributed by atoms with Gasteiger partial charge in [-0.05, 0) is 24.6 Å². The van der Waals surface area contributed by atoms with Crippen molar-refractivity contribution >= 4 is 5.97 Å². The Morgan fingerprint density at radius 2 is 2.22 bits per heavy atom. The third-order valence-corrected chi connectivity index (χ3v) is 2.35. The van der Waals surface area contributed by atoms with Crippen LogP contribution in [0.3, 0.4) is 0 Å². The first kappa shape index (κ1) is 14.1. The monoisotopic (exact) mass is 254 g/mol. The molecule has 0 saturated heterocycles. The molecular formula is C12H12F2N2O2. The summed E-state index contributed by atoms with van der Waals surface area (Å²) in [6, 6.07) is 3.98. The Labute approximate surface area is 103 Å². The molecule has 18 heavy (non-hydrogen) atoms. The van der Waals surface area contributed by atoms with E-state index in [1.165, 1.54) is 6.07 Å². The van der Waals surface area contributed by atoms with Crippen LogP contribution >= 0.6 is 0 Å². The average molecular weight is 254 g/mol. The summed E-state index contributed by atoms with van der Waals surface area (Å²) in [7, 11) is 0. The van der Waals surface area contributed by atoms with Gasteiger partial charge in [-0.1, -0.05) is 0 Å². The number of carbonyl (C=O) groups excluding carboxylic acids is 1. The fraction of sp³-hybridized carbons (Fsp3) is 0.333. The van der Waals surface area contributed by atoms with E-state index in [9.17, 15) is 13.6 Å². The van der Waals surface area contributed by atoms with E-state index in [0.717, 1.165) is 6.07 Å². The van der Waals surface area contributed by atoms with Gasteiger partial charge in [-0.3, -0.25) is 0 Å². The number of ether oxygens (including phenoxy) is 1. The highest BCUT2D eigenvalue weighted by atomic mass is 19.3. The molecule has 0 spiro atoms. The molecule has 0 unspecified atom stereocenters. The highest BCUT2D eigenvalue weighted by Crippen LogP contribution is 2.27. The summed E-state index contributed by atoms with van der Waals surface area (Å²) in [5.74, 6) is -0.753. The first-order valence-corrected chi connectivity index (χ1v) is 5.27. The SMILES string of the molecule is CCOC(=O)c1cc(C#N)cc(C(F)F)c1CN. The summed E-state index contributed by atoms with van der Waals surface area (Å²) in [6.07, 6.45) is -2.80. The Morgan fingerprint density at radius 1 is 1.56 bits per heavy atom. The molecule has 2 N–H and O–H groups in total. The smallest absolute Gasteiger partial charge is 0.338 e. The molecule has 0 saturated carbocycles. The Kier molecular flexibility index (Phi) is 4.75. The number of hydrogen-bond donors (Lipinski definition) is 1. The average Bonchev–Trinajstić information content (AvgIpc) is 2.37. The van der Waals surface area contributed by atoms with Crippen LogP contribution in [0.25, 0.3) is 0 Å². The van der Waals surface area contributed by atoms with Crippen LogP contribution in [0.5, 0.6) is 0 Å². The lowest BCUT2D eigenvalue weighted by atomic mass is 9.98. The lowest BCUT2D eigenvalue weighted by molar-refractivity contribution is 0.0524. The minimum absolute atomic E-state index is 0.0162. The van der Waals surface area contributed by atoms with Crippen molar-refractivity contribution in [3.63, 3.8) is 0 Å². The zero-order chi connectivity index (χ0) is 13.7. The molecule has 0 fully saturated rings. The van der Waals surface area contributed by atoms with Gasteiger partial charge in [0.25, 0.3) is 6.43 Å². The topological polar surface area (TPSA) is 76.1 Å². The second kappa shape index (κ2) is 6.07. The van der Waals surface area contributed by atoms with Gasteiger partial charge in [-0.25, -0.2) is 13.6 Å². The summed E-state index contributed by atoms with van der Waals surface area (Å²) < 4.78 is 30.4. The number of rotatable bonds is 4. The van der Waals surface area contributed by atoms with Gasteiger partial charge in [0.15, 0.2) is 0 Å². The number of benzene rings is 1. The summed E-state index contributed by atoms with van der Waals surface area (Å²) >= 11 is 0. The van der Waals surface area contributed by atoms with Crippen LogP contribution in [-0.2, 0) is 11.3 Å². The van der Waals surface area contributed by atoms with Crippen molar-refractivity contribution in [1.82, 2.24) is 0 Å². The molecule has 1 aromatic rings. The van der Waals surface area contributed by atoms with E-state index in [2.05, 4.69) is 0 Å². The fourth-order valence-electron chi connectivity index (χ4n) is 1.57. The van der Waals surface area contributed by atoms with Gasteiger partial charge in [0.1, 0.15) is 0 Å². The van der Waals surface area contributed by atoms with Crippen molar-refractivity contribution in [3.05, 3.63) is 34.4 Å². The van der Waals surface area contributed by atoms with Gasteiger partial charge in [-0.15, -0.1) is 0 Å². The number of nitriles is 1. The molecule has 96 valence electrons. The molecule has 0 aliphatic rings. The van der Waals surface area contributed by atoms with Crippen molar-refractivity contribution < 1.29 is 18.3 Å². The van der Waals surface area contributed by atoms with Gasteiger partial charge in [0, 0.05) is 12.1 Å². The molecule has 0 aliphatic heterocycles. The van der Waals surface area contributed by atoms with Gasteiger partial charge in [0.2, 0.25) is 0 Å². The minimum Gasteiger partial charge on any atom is -0.462 e. The quantitative estimate of drug-likeness (QED) is 0.835. The molecule has 0 aliphatic carbocycles. The van der Waals surface area contributed by atoms with Gasteiger partial charge < -0.3 is 10.5 Å². The molecule has 1 aromatic carbocycles. The van der Waals surface area contributed by atoms with Crippen molar-refractivity contribution in [2.75, 3.05) is 6.61 Å². The van der Waals surface area contributed by atoms with Crippen molar-refractivity contribution in [2.45, 2.75) is 19.9 Å². The van der Waals surface area contributed by atoms with Crippen LogP contribution in [0, 0.1) is 11.3 Å². The zero-order valence-corrected chi connectivity index (χ0v) is 9.74. The minimum atomic E-state index is -2.80. The third-order valence-electron chi connectivity index (χ3n) is 2.35. The largest absolute Gasteiger partial charge is 0.462 e. The van der Waals surface area contributed by atoms with Crippen LogP contribution in [0.2, 0.25) is 0 Å². The first-order chi connectivity index (χ1) is 8.54. The molecular weight excluding hydrogens is 242 g/mol. The Morgan fingerprint density at radius 3 is 2.67 bits per heavy atom. The van der Waals surface area contributed by atoms with Gasteiger partial charge in [0.05, 0.1) is 23.8 Å². The molecule has 4 nitrogen and oxygen atoms in total. The van der Waals surface area contributed by atoms with E-state index in [4.69, 9.17) is 15.7 Å². The molecule has 6 heteroatoms. The zero-order valence-electron chi connectivity index (χ0n) is 9.74. The molecule has 0 aromatic heterocycles. The number of esters is 1. The molecule has 0 bridgehead atoms. The Hall–Kier alpha value is -2.00. The molecule has 0 atom stereocenters. The number of nitrogens with two attached hydrogens (primary N) is 1. The van der Waals surface area contributed by atoms with Crippen molar-refractivity contribution in [2.24, 2.45) is 5.73 Å².